The van der Waals surface area contributed by atoms with Crippen LogP contribution in [0.25, 0.3) is 44.5 Å². The first-order valence-electron chi connectivity index (χ1n) is 24.8. The van der Waals surface area contributed by atoms with E-state index >= 15 is 0 Å². The second-order valence-electron chi connectivity index (χ2n) is 7.77. The Morgan fingerprint density at radius 1 is 0.400 bits per heavy atom. The van der Waals surface area contributed by atoms with Crippen molar-refractivity contribution >= 4 is 28.0 Å². The number of nitrogens with zero attached hydrogens (tertiary/aromatic N) is 1. The summed E-state index contributed by atoms with van der Waals surface area (Å²) in [5.74, 6) is -0.848. The molecular formula is C38H27NO. The minimum Gasteiger partial charge on any atom is -0.456 e. The summed E-state index contributed by atoms with van der Waals surface area (Å²) in [5.41, 5.74) is -8.21. The molecule has 7 aromatic rings. The van der Waals surface area contributed by atoms with Gasteiger partial charge in [-0.2, -0.15) is 0 Å². The lowest BCUT2D eigenvalue weighted by atomic mass is 10.0. The van der Waals surface area contributed by atoms with Gasteiger partial charge in [0.05, 0.1) is 37.0 Å². The van der Waals surface area contributed by atoms with E-state index < -0.39 is 225 Å². The van der Waals surface area contributed by atoms with Gasteiger partial charge in [-0.05, 0) is 70.6 Å². The van der Waals surface area contributed by atoms with Crippen LogP contribution in [-0.2, 0) is 0 Å². The number of furan rings is 1. The average molecular weight is 541 g/mol. The van der Waals surface area contributed by atoms with Crippen molar-refractivity contribution in [3.63, 3.8) is 0 Å². The van der Waals surface area contributed by atoms with Gasteiger partial charge in [-0.3, -0.25) is 0 Å². The zero-order chi connectivity index (χ0) is 50.2. The number of rotatable bonds is 6. The number of anilines is 3. The molecule has 1 heterocycles. The molecular weight excluding hydrogens is 486 g/mol. The van der Waals surface area contributed by atoms with Crippen LogP contribution in [0.5, 0.6) is 0 Å². The first kappa shape index (κ1) is 8.58. The van der Waals surface area contributed by atoms with Gasteiger partial charge >= 0.3 is 0 Å². The molecule has 0 fully saturated rings. The monoisotopic (exact) mass is 540 g/mol. The maximum absolute atomic E-state index is 9.52. The lowest BCUT2D eigenvalue weighted by Crippen LogP contribution is -2.10. The highest BCUT2D eigenvalue weighted by atomic mass is 16.3. The van der Waals surface area contributed by atoms with Gasteiger partial charge in [-0.25, -0.2) is 0 Å². The predicted octanol–water partition coefficient (Wildman–Crippen LogP) is 10.9. The van der Waals surface area contributed by atoms with E-state index in [1.165, 1.54) is 0 Å². The lowest BCUT2D eigenvalue weighted by Gasteiger charge is -2.26. The summed E-state index contributed by atoms with van der Waals surface area (Å²) in [6.07, 6.45) is 0. The van der Waals surface area contributed by atoms with Gasteiger partial charge < -0.3 is 9.32 Å². The zero-order valence-electron chi connectivity index (χ0n) is 46.9. The van der Waals surface area contributed by atoms with E-state index in [1.807, 2.05) is 0 Å². The third-order valence-corrected chi connectivity index (χ3v) is 5.33. The molecule has 0 aliphatic carbocycles. The Morgan fingerprint density at radius 3 is 1.50 bits per heavy atom. The smallest absolute Gasteiger partial charge is 0.135 e. The van der Waals surface area contributed by atoms with Crippen LogP contribution in [0, 0.1) is 0 Å². The highest BCUT2D eigenvalue weighted by Gasteiger charge is 2.15. The standard InChI is InChI=1S/C38H27NO/c1-3-10-28(11-4-1)30-18-22-34(23-19-30)39(35-24-20-31(21-25-35)29-12-5-2-6-13-29)36-16-9-15-32(26-36)38-27-33-14-7-8-17-37(33)40-38/h1-27H/i1D,2D,3D,4D,5D,6D,7D,8D,9D,10D,11D,12D,13D,14D,15D,16D,17D,18D,19D,20D,21D,22D,23D,24D,25D,26D,27D. The van der Waals surface area contributed by atoms with Crippen molar-refractivity contribution in [2.75, 3.05) is 4.90 Å². The quantitative estimate of drug-likeness (QED) is 0.208. The fourth-order valence-corrected chi connectivity index (χ4v) is 3.55. The maximum Gasteiger partial charge on any atom is 0.135 e. The van der Waals surface area contributed by atoms with E-state index in [0.717, 1.165) is 0 Å². The van der Waals surface area contributed by atoms with Crippen molar-refractivity contribution in [2.45, 2.75) is 0 Å². The van der Waals surface area contributed by atoms with Crippen molar-refractivity contribution in [2.24, 2.45) is 0 Å². The molecule has 0 atom stereocenters. The average Bonchev–Trinajstić information content (AvgIpc) is 3.63. The van der Waals surface area contributed by atoms with E-state index in [2.05, 4.69) is 0 Å². The Kier molecular flexibility index (Phi) is 2.24. The summed E-state index contributed by atoms with van der Waals surface area (Å²) in [5, 5.41) is -0.537. The van der Waals surface area contributed by atoms with Gasteiger partial charge in [-0.15, -0.1) is 0 Å². The van der Waals surface area contributed by atoms with Crippen molar-refractivity contribution in [1.29, 1.82) is 0 Å². The molecule has 0 radical (unpaired) electrons. The molecule has 7 rings (SSSR count). The summed E-state index contributed by atoms with van der Waals surface area (Å²) in [4.78, 5) is 0.326. The van der Waals surface area contributed by atoms with Crippen LogP contribution in [-0.4, -0.2) is 0 Å². The molecule has 0 bridgehead atoms. The van der Waals surface area contributed by atoms with Crippen molar-refractivity contribution < 1.29 is 41.4 Å². The normalized spacial score (nSPS) is 20.4. The Bertz CT molecular complexity index is 3140. The number of hydrogen-bond acceptors (Lipinski definition) is 2. The summed E-state index contributed by atoms with van der Waals surface area (Å²) >= 11 is 0. The van der Waals surface area contributed by atoms with E-state index in [-0.39, 0.29) is 0 Å². The molecule has 1 aromatic heterocycles. The minimum atomic E-state index is -1.23. The number of benzene rings is 6. The third-order valence-electron chi connectivity index (χ3n) is 5.33. The van der Waals surface area contributed by atoms with Gasteiger partial charge in [-0.1, -0.05) is 115 Å². The van der Waals surface area contributed by atoms with Crippen LogP contribution < -0.4 is 4.90 Å². The Morgan fingerprint density at radius 2 is 0.900 bits per heavy atom. The first-order chi connectivity index (χ1) is 31.1. The number of para-hydroxylation sites is 1. The van der Waals surface area contributed by atoms with E-state index in [4.69, 9.17) is 34.6 Å². The first-order valence-corrected chi connectivity index (χ1v) is 11.3. The molecule has 0 aliphatic heterocycles. The maximum atomic E-state index is 9.52. The van der Waals surface area contributed by atoms with E-state index in [1.54, 1.807) is 0 Å². The Labute approximate surface area is 272 Å². The fourth-order valence-electron chi connectivity index (χ4n) is 3.55. The van der Waals surface area contributed by atoms with Crippen molar-refractivity contribution in [3.8, 4) is 33.6 Å². The second-order valence-corrected chi connectivity index (χ2v) is 7.77. The lowest BCUT2D eigenvalue weighted by molar-refractivity contribution is 0.631. The molecule has 0 amide bonds. The molecule has 0 N–H and O–H groups in total. The second kappa shape index (κ2) is 10.4. The molecule has 190 valence electrons. The van der Waals surface area contributed by atoms with Crippen LogP contribution in [0.15, 0.2) is 168 Å². The number of fused-ring (bicyclic) bond motifs is 1. The third kappa shape index (κ3) is 4.68. The molecule has 2 heteroatoms. The molecule has 6 aromatic carbocycles. The van der Waals surface area contributed by atoms with Gasteiger partial charge in [0.2, 0.25) is 0 Å². The summed E-state index contributed by atoms with van der Waals surface area (Å²) in [6, 6.07) is -27.3. The topological polar surface area (TPSA) is 16.4 Å². The van der Waals surface area contributed by atoms with Gasteiger partial charge in [0.25, 0.3) is 0 Å². The van der Waals surface area contributed by atoms with Gasteiger partial charge in [0, 0.05) is 28.0 Å². The van der Waals surface area contributed by atoms with Crippen molar-refractivity contribution in [1.82, 2.24) is 0 Å². The summed E-state index contributed by atoms with van der Waals surface area (Å²) in [6.45, 7) is 0. The largest absolute Gasteiger partial charge is 0.456 e. The SMILES string of the molecule is [2H]c1c([2H])c([2H])c(-c2c([2H])c([2H])c(N(c3c([2H])c([2H])c(-c4c([2H])c([2H])c([2H])c([2H])c4[2H])c([2H])c3[2H])c3c([2H])c([2H])c([2H])c(-c4oc5c([2H])c([2H])c([2H])c([2H])c5c4[2H])c3[2H])c([2H])c2[2H])c([2H])c1[2H]. The fraction of sp³-hybridized carbons (Fsp3) is 0. The van der Waals surface area contributed by atoms with Gasteiger partial charge in [0.15, 0.2) is 0 Å². The number of hydrogen-bond donors (Lipinski definition) is 0. The Hall–Kier alpha value is -5.34. The van der Waals surface area contributed by atoms with Crippen LogP contribution >= 0.6 is 0 Å². The molecule has 0 saturated carbocycles. The van der Waals surface area contributed by atoms with E-state index in [9.17, 15) is 6.85 Å². The molecule has 0 aliphatic rings. The molecule has 40 heavy (non-hydrogen) atoms. The highest BCUT2D eigenvalue weighted by molar-refractivity contribution is 5.85. The Balaban J connectivity index is 1.69. The highest BCUT2D eigenvalue weighted by Crippen LogP contribution is 2.39. The molecule has 0 spiro atoms. The van der Waals surface area contributed by atoms with Crippen LogP contribution in [0.1, 0.15) is 37.0 Å². The van der Waals surface area contributed by atoms with Crippen molar-refractivity contribution in [3.05, 3.63) is 163 Å². The van der Waals surface area contributed by atoms with E-state index in [0.29, 0.717) is 4.90 Å². The van der Waals surface area contributed by atoms with Crippen LogP contribution in [0.4, 0.5) is 17.1 Å². The summed E-state index contributed by atoms with van der Waals surface area (Å²) < 4.78 is 240. The van der Waals surface area contributed by atoms with Crippen LogP contribution in [0.3, 0.4) is 0 Å². The predicted molar refractivity (Wildman–Crippen MR) is 167 cm³/mol. The van der Waals surface area contributed by atoms with Gasteiger partial charge in [0.1, 0.15) is 11.3 Å². The molecule has 2 nitrogen and oxygen atoms in total. The zero-order valence-corrected chi connectivity index (χ0v) is 19.9. The summed E-state index contributed by atoms with van der Waals surface area (Å²) in [7, 11) is 0. The minimum absolute atomic E-state index is 0.326. The molecule has 0 unspecified atom stereocenters. The molecule has 0 saturated heterocycles. The van der Waals surface area contributed by atoms with Crippen LogP contribution in [0.2, 0.25) is 0 Å².